The summed E-state index contributed by atoms with van der Waals surface area (Å²) in [5.41, 5.74) is 4.83. The van der Waals surface area contributed by atoms with Gasteiger partial charge in [0.25, 0.3) is 5.91 Å². The Balaban J connectivity index is 1.71. The second kappa shape index (κ2) is 9.52. The lowest BCUT2D eigenvalue weighted by molar-refractivity contribution is -0.127. The molecule has 0 bridgehead atoms. The first-order chi connectivity index (χ1) is 12.0. The Morgan fingerprint density at radius 1 is 1.12 bits per heavy atom. The van der Waals surface area contributed by atoms with Crippen LogP contribution in [0.1, 0.15) is 29.2 Å². The smallest absolute Gasteiger partial charge is 0.260 e. The summed E-state index contributed by atoms with van der Waals surface area (Å²) < 4.78 is 5.81. The number of thioether (sulfide) groups is 1. The molecule has 0 saturated heterocycles. The molecule has 4 heteroatoms. The third-order valence-corrected chi connectivity index (χ3v) is 5.09. The molecule has 3 nitrogen and oxygen atoms in total. The van der Waals surface area contributed by atoms with Gasteiger partial charge in [-0.2, -0.15) is 11.8 Å². The molecule has 0 aliphatic heterocycles. The summed E-state index contributed by atoms with van der Waals surface area (Å²) in [6.07, 6.45) is -0.498. The van der Waals surface area contributed by atoms with E-state index in [1.165, 1.54) is 11.1 Å². The van der Waals surface area contributed by atoms with Crippen molar-refractivity contribution >= 4 is 17.7 Å². The number of carbonyl (C=O) groups excluding carboxylic acids is 1. The standard InChI is InChI=1S/C21H27NO2S/c1-15-9-10-17(3)20(13-15)24-18(4)21(23)22-11-12-25-14-19-8-6-5-7-16(19)2/h5-10,13,18H,11-12,14H2,1-4H3,(H,22,23). The van der Waals surface area contributed by atoms with Gasteiger partial charge in [-0.3, -0.25) is 4.79 Å². The highest BCUT2D eigenvalue weighted by atomic mass is 32.2. The van der Waals surface area contributed by atoms with E-state index in [4.69, 9.17) is 4.74 Å². The number of nitrogens with one attached hydrogen (secondary N) is 1. The first kappa shape index (κ1) is 19.4. The van der Waals surface area contributed by atoms with Crippen LogP contribution in [0.15, 0.2) is 42.5 Å². The molecule has 0 aliphatic carbocycles. The molecule has 1 amide bonds. The van der Waals surface area contributed by atoms with E-state index in [0.29, 0.717) is 6.54 Å². The largest absolute Gasteiger partial charge is 0.481 e. The van der Waals surface area contributed by atoms with E-state index < -0.39 is 6.10 Å². The Kier molecular flexibility index (Phi) is 7.38. The van der Waals surface area contributed by atoms with Crippen LogP contribution in [0, 0.1) is 20.8 Å². The van der Waals surface area contributed by atoms with Crippen LogP contribution in [0.4, 0.5) is 0 Å². The fourth-order valence-corrected chi connectivity index (χ4v) is 3.36. The molecule has 1 unspecified atom stereocenters. The molecular formula is C21H27NO2S. The van der Waals surface area contributed by atoms with Gasteiger partial charge in [0.05, 0.1) is 0 Å². The van der Waals surface area contributed by atoms with E-state index in [1.807, 2.05) is 43.8 Å². The van der Waals surface area contributed by atoms with Gasteiger partial charge in [-0.25, -0.2) is 0 Å². The Morgan fingerprint density at radius 2 is 1.88 bits per heavy atom. The van der Waals surface area contributed by atoms with Gasteiger partial charge in [-0.05, 0) is 56.0 Å². The van der Waals surface area contributed by atoms with Gasteiger partial charge < -0.3 is 10.1 Å². The van der Waals surface area contributed by atoms with Crippen LogP contribution in [0.2, 0.25) is 0 Å². The van der Waals surface area contributed by atoms with Crippen molar-refractivity contribution in [3.05, 3.63) is 64.7 Å². The molecule has 0 spiro atoms. The molecule has 134 valence electrons. The molecule has 0 aliphatic rings. The number of hydrogen-bond donors (Lipinski definition) is 1. The maximum absolute atomic E-state index is 12.2. The van der Waals surface area contributed by atoms with Gasteiger partial charge >= 0.3 is 0 Å². The van der Waals surface area contributed by atoms with Gasteiger partial charge in [0.1, 0.15) is 5.75 Å². The lowest BCUT2D eigenvalue weighted by atomic mass is 10.1. The average Bonchev–Trinajstić information content (AvgIpc) is 2.59. The van der Waals surface area contributed by atoms with Crippen LogP contribution in [0.25, 0.3) is 0 Å². The monoisotopic (exact) mass is 357 g/mol. The van der Waals surface area contributed by atoms with Crippen molar-refractivity contribution in [2.45, 2.75) is 39.6 Å². The third kappa shape index (κ3) is 6.13. The number of rotatable bonds is 8. The summed E-state index contributed by atoms with van der Waals surface area (Å²) in [6, 6.07) is 14.4. The van der Waals surface area contributed by atoms with E-state index in [0.717, 1.165) is 28.4 Å². The Labute approximate surface area is 155 Å². The Hall–Kier alpha value is -1.94. The predicted molar refractivity (Wildman–Crippen MR) is 106 cm³/mol. The van der Waals surface area contributed by atoms with E-state index in [9.17, 15) is 4.79 Å². The van der Waals surface area contributed by atoms with Crippen LogP contribution in [-0.2, 0) is 10.5 Å². The summed E-state index contributed by atoms with van der Waals surface area (Å²) >= 11 is 1.83. The van der Waals surface area contributed by atoms with Crippen LogP contribution in [0.5, 0.6) is 5.75 Å². The molecule has 0 fully saturated rings. The van der Waals surface area contributed by atoms with E-state index >= 15 is 0 Å². The molecule has 0 saturated carbocycles. The number of carbonyl (C=O) groups is 1. The summed E-state index contributed by atoms with van der Waals surface area (Å²) in [7, 11) is 0. The first-order valence-electron chi connectivity index (χ1n) is 8.61. The fourth-order valence-electron chi connectivity index (χ4n) is 2.42. The van der Waals surface area contributed by atoms with Crippen molar-refractivity contribution in [1.29, 1.82) is 0 Å². The van der Waals surface area contributed by atoms with Gasteiger partial charge in [-0.15, -0.1) is 0 Å². The summed E-state index contributed by atoms with van der Waals surface area (Å²) in [4.78, 5) is 12.2. The molecule has 0 aromatic heterocycles. The maximum Gasteiger partial charge on any atom is 0.260 e. The fraction of sp³-hybridized carbons (Fsp3) is 0.381. The quantitative estimate of drug-likeness (QED) is 0.710. The van der Waals surface area contributed by atoms with Crippen molar-refractivity contribution < 1.29 is 9.53 Å². The second-order valence-electron chi connectivity index (χ2n) is 6.30. The zero-order valence-corrected chi connectivity index (χ0v) is 16.3. The van der Waals surface area contributed by atoms with Gasteiger partial charge in [0, 0.05) is 18.1 Å². The number of ether oxygens (including phenoxy) is 1. The van der Waals surface area contributed by atoms with Gasteiger partial charge in [0.2, 0.25) is 0 Å². The number of benzene rings is 2. The molecule has 1 N–H and O–H groups in total. The third-order valence-electron chi connectivity index (χ3n) is 4.08. The highest BCUT2D eigenvalue weighted by molar-refractivity contribution is 7.98. The zero-order chi connectivity index (χ0) is 18.2. The molecule has 0 heterocycles. The van der Waals surface area contributed by atoms with Crippen LogP contribution in [0.3, 0.4) is 0 Å². The average molecular weight is 358 g/mol. The van der Waals surface area contributed by atoms with E-state index in [2.05, 4.69) is 36.5 Å². The van der Waals surface area contributed by atoms with Gasteiger partial charge in [-0.1, -0.05) is 36.4 Å². The Morgan fingerprint density at radius 3 is 2.64 bits per heavy atom. The summed E-state index contributed by atoms with van der Waals surface area (Å²) in [5.74, 6) is 2.56. The molecule has 0 radical (unpaired) electrons. The topological polar surface area (TPSA) is 38.3 Å². The molecule has 2 aromatic rings. The Bertz CT molecular complexity index is 715. The normalized spacial score (nSPS) is 11.8. The van der Waals surface area contributed by atoms with E-state index in [-0.39, 0.29) is 5.91 Å². The van der Waals surface area contributed by atoms with Crippen LogP contribution in [-0.4, -0.2) is 24.3 Å². The molecule has 2 aromatic carbocycles. The van der Waals surface area contributed by atoms with Crippen molar-refractivity contribution in [3.63, 3.8) is 0 Å². The SMILES string of the molecule is Cc1ccc(C)c(OC(C)C(=O)NCCSCc2ccccc2C)c1. The molecule has 2 rings (SSSR count). The number of hydrogen-bond acceptors (Lipinski definition) is 3. The highest BCUT2D eigenvalue weighted by Crippen LogP contribution is 2.20. The van der Waals surface area contributed by atoms with Crippen molar-refractivity contribution in [2.24, 2.45) is 0 Å². The lowest BCUT2D eigenvalue weighted by Gasteiger charge is -2.16. The molecular weight excluding hydrogens is 330 g/mol. The van der Waals surface area contributed by atoms with Crippen LogP contribution >= 0.6 is 11.8 Å². The predicted octanol–water partition coefficient (Wildman–Crippen LogP) is 4.43. The highest BCUT2D eigenvalue weighted by Gasteiger charge is 2.15. The van der Waals surface area contributed by atoms with Crippen molar-refractivity contribution in [3.8, 4) is 5.75 Å². The summed E-state index contributed by atoms with van der Waals surface area (Å²) in [5, 5.41) is 2.95. The minimum Gasteiger partial charge on any atom is -0.481 e. The van der Waals surface area contributed by atoms with E-state index in [1.54, 1.807) is 6.92 Å². The van der Waals surface area contributed by atoms with Crippen molar-refractivity contribution in [2.75, 3.05) is 12.3 Å². The molecule has 1 atom stereocenters. The zero-order valence-electron chi connectivity index (χ0n) is 15.5. The van der Waals surface area contributed by atoms with Crippen LogP contribution < -0.4 is 10.1 Å². The minimum atomic E-state index is -0.498. The number of amides is 1. The lowest BCUT2D eigenvalue weighted by Crippen LogP contribution is -2.37. The second-order valence-corrected chi connectivity index (χ2v) is 7.40. The molecule has 25 heavy (non-hydrogen) atoms. The minimum absolute atomic E-state index is 0.0719. The van der Waals surface area contributed by atoms with Gasteiger partial charge in [0.15, 0.2) is 6.10 Å². The van der Waals surface area contributed by atoms with Crippen molar-refractivity contribution in [1.82, 2.24) is 5.32 Å². The number of aryl methyl sites for hydroxylation is 3. The summed E-state index contributed by atoms with van der Waals surface area (Å²) in [6.45, 7) is 8.57. The first-order valence-corrected chi connectivity index (χ1v) is 9.76. The maximum atomic E-state index is 12.2.